The molecular formula is C21H23ClN4O5. The van der Waals surface area contributed by atoms with Gasteiger partial charge in [-0.1, -0.05) is 18.5 Å². The molecule has 164 valence electrons. The van der Waals surface area contributed by atoms with Crippen molar-refractivity contribution in [3.05, 3.63) is 62.7 Å². The number of carbonyl (C=O) groups is 2. The normalized spacial score (nSPS) is 13.5. The number of anilines is 2. The van der Waals surface area contributed by atoms with Crippen LogP contribution in [0.5, 0.6) is 0 Å². The minimum Gasteiger partial charge on any atom is -0.378 e. The summed E-state index contributed by atoms with van der Waals surface area (Å²) in [5.74, 6) is -0.803. The summed E-state index contributed by atoms with van der Waals surface area (Å²) in [5.41, 5.74) is 1.27. The first-order valence-corrected chi connectivity index (χ1v) is 10.3. The van der Waals surface area contributed by atoms with Crippen LogP contribution >= 0.6 is 11.6 Å². The summed E-state index contributed by atoms with van der Waals surface area (Å²) >= 11 is 6.23. The summed E-state index contributed by atoms with van der Waals surface area (Å²) < 4.78 is 5.35. The molecule has 1 heterocycles. The zero-order chi connectivity index (χ0) is 22.4. The summed E-state index contributed by atoms with van der Waals surface area (Å²) in [5, 5.41) is 16.9. The number of halogens is 1. The number of hydrogen-bond acceptors (Lipinski definition) is 6. The second-order valence-corrected chi connectivity index (χ2v) is 7.37. The number of benzene rings is 2. The minimum absolute atomic E-state index is 0.178. The number of nitro benzene ring substituents is 1. The molecule has 2 aromatic rings. The van der Waals surface area contributed by atoms with Gasteiger partial charge in [0.25, 0.3) is 17.5 Å². The lowest BCUT2D eigenvalue weighted by Gasteiger charge is -2.30. The Morgan fingerprint density at radius 2 is 1.87 bits per heavy atom. The van der Waals surface area contributed by atoms with Crippen LogP contribution < -0.4 is 15.5 Å². The van der Waals surface area contributed by atoms with Gasteiger partial charge in [-0.2, -0.15) is 0 Å². The number of amides is 2. The maximum Gasteiger partial charge on any atom is 0.270 e. The first-order valence-electron chi connectivity index (χ1n) is 9.91. The monoisotopic (exact) mass is 446 g/mol. The molecule has 0 spiro atoms. The number of carbonyl (C=O) groups excluding carboxylic acids is 2. The van der Waals surface area contributed by atoms with Gasteiger partial charge >= 0.3 is 0 Å². The molecule has 0 saturated carbocycles. The van der Waals surface area contributed by atoms with Crippen LogP contribution in [0.2, 0.25) is 5.02 Å². The van der Waals surface area contributed by atoms with Crippen molar-refractivity contribution in [2.24, 2.45) is 0 Å². The molecule has 10 heteroatoms. The van der Waals surface area contributed by atoms with Gasteiger partial charge in [-0.05, 0) is 30.7 Å². The van der Waals surface area contributed by atoms with Crippen molar-refractivity contribution in [3.63, 3.8) is 0 Å². The maximum atomic E-state index is 13.0. The lowest BCUT2D eigenvalue weighted by molar-refractivity contribution is -0.384. The largest absolute Gasteiger partial charge is 0.378 e. The average molecular weight is 447 g/mol. The Kier molecular flexibility index (Phi) is 7.43. The number of nitrogens with zero attached hydrogens (tertiary/aromatic N) is 2. The van der Waals surface area contributed by atoms with Crippen LogP contribution in [0.4, 0.5) is 17.1 Å². The fourth-order valence-corrected chi connectivity index (χ4v) is 3.48. The molecule has 1 aliphatic heterocycles. The van der Waals surface area contributed by atoms with E-state index >= 15 is 0 Å². The highest BCUT2D eigenvalue weighted by Crippen LogP contribution is 2.28. The van der Waals surface area contributed by atoms with Gasteiger partial charge in [0.2, 0.25) is 0 Å². The van der Waals surface area contributed by atoms with Crippen LogP contribution in [0.3, 0.4) is 0 Å². The standard InChI is InChI=1S/C21H23ClN4O5/c1-2-7-23-20(27)16-5-3-14(12-18(16)22)24-21(28)17-13-15(26(29)30)4-6-19(17)25-8-10-31-11-9-25/h3-6,12-13H,2,7-11H2,1H3,(H,23,27)(H,24,28). The van der Waals surface area contributed by atoms with Gasteiger partial charge < -0.3 is 20.3 Å². The molecule has 1 aliphatic rings. The first kappa shape index (κ1) is 22.5. The van der Waals surface area contributed by atoms with Gasteiger partial charge in [-0.25, -0.2) is 0 Å². The van der Waals surface area contributed by atoms with E-state index in [0.717, 1.165) is 6.42 Å². The number of rotatable bonds is 7. The Morgan fingerprint density at radius 1 is 1.13 bits per heavy atom. The van der Waals surface area contributed by atoms with Crippen molar-refractivity contribution < 1.29 is 19.2 Å². The molecule has 0 aliphatic carbocycles. The second-order valence-electron chi connectivity index (χ2n) is 6.96. The van der Waals surface area contributed by atoms with E-state index in [2.05, 4.69) is 10.6 Å². The molecule has 0 aromatic heterocycles. The molecule has 0 bridgehead atoms. The van der Waals surface area contributed by atoms with Crippen molar-refractivity contribution in [1.29, 1.82) is 0 Å². The number of nitrogens with one attached hydrogen (secondary N) is 2. The van der Waals surface area contributed by atoms with Gasteiger partial charge in [0, 0.05) is 37.5 Å². The number of ether oxygens (including phenoxy) is 1. The van der Waals surface area contributed by atoms with Gasteiger partial charge in [0.15, 0.2) is 0 Å². The Hall–Kier alpha value is -3.17. The predicted molar refractivity (Wildman–Crippen MR) is 118 cm³/mol. The molecule has 2 aromatic carbocycles. The minimum atomic E-state index is -0.541. The van der Waals surface area contributed by atoms with Gasteiger partial charge in [-0.3, -0.25) is 19.7 Å². The molecule has 1 fully saturated rings. The van der Waals surface area contributed by atoms with Gasteiger partial charge in [-0.15, -0.1) is 0 Å². The molecule has 3 rings (SSSR count). The Balaban J connectivity index is 1.85. The highest BCUT2D eigenvalue weighted by atomic mass is 35.5. The second kappa shape index (κ2) is 10.2. The summed E-state index contributed by atoms with van der Waals surface area (Å²) in [7, 11) is 0. The zero-order valence-electron chi connectivity index (χ0n) is 17.0. The predicted octanol–water partition coefficient (Wildman–Crippen LogP) is 3.48. The molecule has 1 saturated heterocycles. The summed E-state index contributed by atoms with van der Waals surface area (Å²) in [6, 6.07) is 8.78. The highest BCUT2D eigenvalue weighted by Gasteiger charge is 2.22. The van der Waals surface area contributed by atoms with Crippen molar-refractivity contribution in [2.45, 2.75) is 13.3 Å². The molecule has 0 radical (unpaired) electrons. The molecule has 31 heavy (non-hydrogen) atoms. The summed E-state index contributed by atoms with van der Waals surface area (Å²) in [4.78, 5) is 37.8. The van der Waals surface area contributed by atoms with Crippen LogP contribution in [-0.2, 0) is 4.74 Å². The Labute approximate surface area is 184 Å². The summed E-state index contributed by atoms with van der Waals surface area (Å²) in [6.07, 6.45) is 0.798. The zero-order valence-corrected chi connectivity index (χ0v) is 17.8. The number of nitro groups is 1. The number of non-ortho nitro benzene ring substituents is 1. The lowest BCUT2D eigenvalue weighted by Crippen LogP contribution is -2.37. The van der Waals surface area contributed by atoms with E-state index in [1.807, 2.05) is 11.8 Å². The van der Waals surface area contributed by atoms with E-state index in [1.54, 1.807) is 12.1 Å². The van der Waals surface area contributed by atoms with Crippen LogP contribution in [-0.4, -0.2) is 49.6 Å². The Bertz CT molecular complexity index is 992. The van der Waals surface area contributed by atoms with Gasteiger partial charge in [0.05, 0.1) is 40.0 Å². The number of morpholine rings is 1. The maximum absolute atomic E-state index is 13.0. The lowest BCUT2D eigenvalue weighted by atomic mass is 10.1. The van der Waals surface area contributed by atoms with E-state index in [1.165, 1.54) is 24.3 Å². The third-order valence-electron chi connectivity index (χ3n) is 4.79. The molecular weight excluding hydrogens is 424 g/mol. The van der Waals surface area contributed by atoms with Crippen molar-refractivity contribution in [1.82, 2.24) is 5.32 Å². The molecule has 0 unspecified atom stereocenters. The van der Waals surface area contributed by atoms with Crippen molar-refractivity contribution >= 4 is 40.5 Å². The molecule has 2 amide bonds. The fraction of sp³-hybridized carbons (Fsp3) is 0.333. The molecule has 0 atom stereocenters. The molecule has 2 N–H and O–H groups in total. The smallest absolute Gasteiger partial charge is 0.270 e. The van der Waals surface area contributed by atoms with Crippen LogP contribution in [0.1, 0.15) is 34.1 Å². The molecule has 9 nitrogen and oxygen atoms in total. The van der Waals surface area contributed by atoms with Crippen molar-refractivity contribution in [2.75, 3.05) is 43.1 Å². The fourth-order valence-electron chi connectivity index (χ4n) is 3.21. The van der Waals surface area contributed by atoms with E-state index in [0.29, 0.717) is 49.8 Å². The van der Waals surface area contributed by atoms with E-state index < -0.39 is 10.8 Å². The third kappa shape index (κ3) is 5.50. The van der Waals surface area contributed by atoms with E-state index in [9.17, 15) is 19.7 Å². The third-order valence-corrected chi connectivity index (χ3v) is 5.11. The number of hydrogen-bond donors (Lipinski definition) is 2. The van der Waals surface area contributed by atoms with Crippen molar-refractivity contribution in [3.8, 4) is 0 Å². The highest BCUT2D eigenvalue weighted by molar-refractivity contribution is 6.34. The quantitative estimate of drug-likeness (QED) is 0.497. The Morgan fingerprint density at radius 3 is 2.52 bits per heavy atom. The summed E-state index contributed by atoms with van der Waals surface area (Å²) in [6.45, 7) is 4.64. The SMILES string of the molecule is CCCNC(=O)c1ccc(NC(=O)c2cc([N+](=O)[O-])ccc2N2CCOCC2)cc1Cl. The van der Waals surface area contributed by atoms with Crippen LogP contribution in [0, 0.1) is 10.1 Å². The topological polar surface area (TPSA) is 114 Å². The first-order chi connectivity index (χ1) is 14.9. The van der Waals surface area contributed by atoms with E-state index in [-0.39, 0.29) is 22.2 Å². The average Bonchev–Trinajstić information content (AvgIpc) is 2.77. The van der Waals surface area contributed by atoms with Crippen LogP contribution in [0.15, 0.2) is 36.4 Å². The van der Waals surface area contributed by atoms with Gasteiger partial charge in [0.1, 0.15) is 0 Å². The van der Waals surface area contributed by atoms with E-state index in [4.69, 9.17) is 16.3 Å². The van der Waals surface area contributed by atoms with Crippen LogP contribution in [0.25, 0.3) is 0 Å².